The summed E-state index contributed by atoms with van der Waals surface area (Å²) < 4.78 is 0. The van der Waals surface area contributed by atoms with Crippen LogP contribution in [0.15, 0.2) is 48.8 Å². The summed E-state index contributed by atoms with van der Waals surface area (Å²) in [6, 6.07) is 10.9. The van der Waals surface area contributed by atoms with Crippen LogP contribution in [0.2, 0.25) is 0 Å². The van der Waals surface area contributed by atoms with Crippen molar-refractivity contribution in [3.05, 3.63) is 71.2 Å². The van der Waals surface area contributed by atoms with Gasteiger partial charge in [-0.2, -0.15) is 0 Å². The minimum absolute atomic E-state index is 0.0435. The van der Waals surface area contributed by atoms with Gasteiger partial charge in [-0.1, -0.05) is 0 Å². The van der Waals surface area contributed by atoms with Crippen LogP contribution in [0.1, 0.15) is 32.0 Å². The third-order valence-corrected chi connectivity index (χ3v) is 4.76. The van der Waals surface area contributed by atoms with E-state index in [0.29, 0.717) is 22.8 Å². The SMILES string of the molecule is CNC(=O)c1ncccc1Nc1cc(Nc2ccc(C(=O)N(C)C)cc2C)ncc1C. The van der Waals surface area contributed by atoms with Crippen LogP contribution in [-0.2, 0) is 0 Å². The van der Waals surface area contributed by atoms with Crippen LogP contribution in [0.25, 0.3) is 0 Å². The maximum absolute atomic E-state index is 12.2. The Morgan fingerprint density at radius 3 is 2.35 bits per heavy atom. The Balaban J connectivity index is 1.86. The van der Waals surface area contributed by atoms with Gasteiger partial charge in [-0.3, -0.25) is 9.59 Å². The Hall–Kier alpha value is -3.94. The van der Waals surface area contributed by atoms with E-state index < -0.39 is 0 Å². The lowest BCUT2D eigenvalue weighted by atomic mass is 10.1. The van der Waals surface area contributed by atoms with Gasteiger partial charge in [0.2, 0.25) is 0 Å². The van der Waals surface area contributed by atoms with Crippen molar-refractivity contribution in [1.82, 2.24) is 20.2 Å². The Kier molecular flexibility index (Phi) is 6.49. The van der Waals surface area contributed by atoms with E-state index in [-0.39, 0.29) is 11.8 Å². The predicted octanol–water partition coefficient (Wildman–Crippen LogP) is 3.64. The van der Waals surface area contributed by atoms with E-state index in [9.17, 15) is 9.59 Å². The average Bonchev–Trinajstić information content (AvgIpc) is 2.76. The number of aromatic nitrogens is 2. The molecule has 0 aliphatic heterocycles. The largest absolute Gasteiger partial charge is 0.354 e. The zero-order valence-electron chi connectivity index (χ0n) is 18.3. The number of rotatable bonds is 6. The highest BCUT2D eigenvalue weighted by atomic mass is 16.2. The number of benzene rings is 1. The monoisotopic (exact) mass is 418 g/mol. The lowest BCUT2D eigenvalue weighted by Gasteiger charge is -2.16. The predicted molar refractivity (Wildman–Crippen MR) is 122 cm³/mol. The average molecular weight is 419 g/mol. The maximum atomic E-state index is 12.2. The van der Waals surface area contributed by atoms with Crippen LogP contribution in [0.4, 0.5) is 22.9 Å². The summed E-state index contributed by atoms with van der Waals surface area (Å²) in [5.74, 6) is 0.322. The maximum Gasteiger partial charge on any atom is 0.271 e. The molecule has 1 aromatic carbocycles. The summed E-state index contributed by atoms with van der Waals surface area (Å²) in [6.07, 6.45) is 3.33. The molecule has 0 bridgehead atoms. The van der Waals surface area contributed by atoms with Crippen molar-refractivity contribution in [3.63, 3.8) is 0 Å². The molecule has 8 heteroatoms. The molecule has 3 rings (SSSR count). The van der Waals surface area contributed by atoms with Crippen molar-refractivity contribution >= 4 is 34.7 Å². The molecule has 0 aliphatic rings. The number of hydrogen-bond donors (Lipinski definition) is 3. The Morgan fingerprint density at radius 2 is 1.68 bits per heavy atom. The van der Waals surface area contributed by atoms with Crippen molar-refractivity contribution in [2.45, 2.75) is 13.8 Å². The molecule has 3 N–H and O–H groups in total. The Morgan fingerprint density at radius 1 is 0.903 bits per heavy atom. The van der Waals surface area contributed by atoms with Crippen LogP contribution in [0.5, 0.6) is 0 Å². The summed E-state index contributed by atoms with van der Waals surface area (Å²) in [5.41, 5.74) is 5.04. The molecule has 31 heavy (non-hydrogen) atoms. The Labute approximate surface area is 181 Å². The van der Waals surface area contributed by atoms with Gasteiger partial charge in [-0.25, -0.2) is 9.97 Å². The zero-order chi connectivity index (χ0) is 22.5. The summed E-state index contributed by atoms with van der Waals surface area (Å²) in [4.78, 5) is 34.5. The van der Waals surface area contributed by atoms with Gasteiger partial charge < -0.3 is 20.9 Å². The van der Waals surface area contributed by atoms with E-state index in [1.807, 2.05) is 32.0 Å². The highest BCUT2D eigenvalue weighted by Gasteiger charge is 2.13. The van der Waals surface area contributed by atoms with Crippen LogP contribution in [0, 0.1) is 13.8 Å². The number of nitrogens with one attached hydrogen (secondary N) is 3. The molecule has 3 aromatic rings. The number of nitrogens with zero attached hydrogens (tertiary/aromatic N) is 3. The van der Waals surface area contributed by atoms with Crippen LogP contribution in [-0.4, -0.2) is 47.8 Å². The highest BCUT2D eigenvalue weighted by Crippen LogP contribution is 2.27. The molecular formula is C23H26N6O2. The van der Waals surface area contributed by atoms with E-state index in [0.717, 1.165) is 22.5 Å². The van der Waals surface area contributed by atoms with Gasteiger partial charge in [0.05, 0.1) is 5.69 Å². The molecule has 2 aromatic heterocycles. The van der Waals surface area contributed by atoms with Gasteiger partial charge in [-0.05, 0) is 55.3 Å². The van der Waals surface area contributed by atoms with Gasteiger partial charge >= 0.3 is 0 Å². The van der Waals surface area contributed by atoms with Crippen molar-refractivity contribution in [2.24, 2.45) is 0 Å². The smallest absolute Gasteiger partial charge is 0.271 e. The summed E-state index contributed by atoms with van der Waals surface area (Å²) in [6.45, 7) is 3.87. The number of carbonyl (C=O) groups is 2. The number of carbonyl (C=O) groups excluding carboxylic acids is 2. The van der Waals surface area contributed by atoms with Gasteiger partial charge in [-0.15, -0.1) is 0 Å². The summed E-state index contributed by atoms with van der Waals surface area (Å²) in [7, 11) is 5.03. The first-order chi connectivity index (χ1) is 14.8. The second-order valence-electron chi connectivity index (χ2n) is 7.34. The normalized spacial score (nSPS) is 10.4. The van der Waals surface area contributed by atoms with Crippen molar-refractivity contribution in [2.75, 3.05) is 31.8 Å². The number of anilines is 4. The number of amides is 2. The molecule has 8 nitrogen and oxygen atoms in total. The standard InChI is InChI=1S/C23H26N6O2/c1-14-11-16(23(31)29(4)5)8-9-17(14)28-20-12-19(15(2)13-26-20)27-18-7-6-10-25-21(18)22(30)24-3/h6-13H,1-5H3,(H,24,30)(H2,26,27,28). The molecular weight excluding hydrogens is 392 g/mol. The first kappa shape index (κ1) is 21.8. The molecule has 160 valence electrons. The molecule has 0 atom stereocenters. The third kappa shape index (κ3) is 4.98. The first-order valence-corrected chi connectivity index (χ1v) is 9.80. The number of hydrogen-bond acceptors (Lipinski definition) is 6. The molecule has 0 fully saturated rings. The van der Waals surface area contributed by atoms with Gasteiger partial charge in [0.1, 0.15) is 5.82 Å². The Bertz CT molecular complexity index is 1130. The lowest BCUT2D eigenvalue weighted by molar-refractivity contribution is 0.0827. The molecule has 0 radical (unpaired) electrons. The van der Waals surface area contributed by atoms with Gasteiger partial charge in [0.25, 0.3) is 11.8 Å². The topological polar surface area (TPSA) is 99.2 Å². The highest BCUT2D eigenvalue weighted by molar-refractivity contribution is 5.98. The van der Waals surface area contributed by atoms with Crippen LogP contribution >= 0.6 is 0 Å². The van der Waals surface area contributed by atoms with E-state index in [1.54, 1.807) is 56.6 Å². The van der Waals surface area contributed by atoms with E-state index in [2.05, 4.69) is 25.9 Å². The number of pyridine rings is 2. The van der Waals surface area contributed by atoms with Gasteiger partial charge in [0, 0.05) is 56.5 Å². The zero-order valence-corrected chi connectivity index (χ0v) is 18.3. The summed E-state index contributed by atoms with van der Waals surface area (Å²) >= 11 is 0. The van der Waals surface area contributed by atoms with Crippen molar-refractivity contribution in [1.29, 1.82) is 0 Å². The number of aryl methyl sites for hydroxylation is 2. The molecule has 0 spiro atoms. The van der Waals surface area contributed by atoms with Crippen molar-refractivity contribution in [3.8, 4) is 0 Å². The molecule has 0 saturated heterocycles. The molecule has 0 saturated carbocycles. The van der Waals surface area contributed by atoms with Gasteiger partial charge in [0.15, 0.2) is 5.69 Å². The minimum Gasteiger partial charge on any atom is -0.354 e. The second-order valence-corrected chi connectivity index (χ2v) is 7.34. The minimum atomic E-state index is -0.267. The fourth-order valence-corrected chi connectivity index (χ4v) is 3.01. The van der Waals surface area contributed by atoms with Crippen LogP contribution < -0.4 is 16.0 Å². The summed E-state index contributed by atoms with van der Waals surface area (Å²) in [5, 5.41) is 9.18. The van der Waals surface area contributed by atoms with E-state index >= 15 is 0 Å². The molecule has 0 aliphatic carbocycles. The lowest BCUT2D eigenvalue weighted by Crippen LogP contribution is -2.21. The van der Waals surface area contributed by atoms with E-state index in [1.165, 1.54) is 0 Å². The first-order valence-electron chi connectivity index (χ1n) is 9.80. The van der Waals surface area contributed by atoms with Crippen LogP contribution in [0.3, 0.4) is 0 Å². The quantitative estimate of drug-likeness (QED) is 0.565. The molecule has 2 heterocycles. The second kappa shape index (κ2) is 9.25. The third-order valence-electron chi connectivity index (χ3n) is 4.76. The van der Waals surface area contributed by atoms with E-state index in [4.69, 9.17) is 0 Å². The van der Waals surface area contributed by atoms with Crippen molar-refractivity contribution < 1.29 is 9.59 Å². The fraction of sp³-hybridized carbons (Fsp3) is 0.217. The fourth-order valence-electron chi connectivity index (χ4n) is 3.01. The molecule has 2 amide bonds. The molecule has 0 unspecified atom stereocenters.